The van der Waals surface area contributed by atoms with Gasteiger partial charge in [-0.3, -0.25) is 0 Å². The highest BCUT2D eigenvalue weighted by Crippen LogP contribution is 2.24. The fourth-order valence-corrected chi connectivity index (χ4v) is 2.16. The fraction of sp³-hybridized carbons (Fsp3) is 0.857. The van der Waals surface area contributed by atoms with Crippen molar-refractivity contribution in [3.8, 4) is 0 Å². The van der Waals surface area contributed by atoms with Crippen LogP contribution in [0.25, 0.3) is 0 Å². The van der Waals surface area contributed by atoms with E-state index in [2.05, 4.69) is 29.4 Å². The van der Waals surface area contributed by atoms with Gasteiger partial charge >= 0.3 is 0 Å². The number of hydrogen-bond acceptors (Lipinski definition) is 4. The molecule has 1 aromatic heterocycles. The molecule has 0 saturated heterocycles. The Hall–Kier alpha value is -0.900. The standard InChI is InChI=1S/C14H25N3O/c1-3-5-6-11(4-2)14-17-16-13(18-14)9-10-15-12-7-8-12/h11-12,15H,3-10H2,1-2H3. The van der Waals surface area contributed by atoms with Crippen LogP contribution in [0.5, 0.6) is 0 Å². The van der Waals surface area contributed by atoms with Crippen molar-refractivity contribution < 1.29 is 4.42 Å². The molecule has 0 aliphatic heterocycles. The first-order valence-corrected chi connectivity index (χ1v) is 7.39. The van der Waals surface area contributed by atoms with E-state index in [4.69, 9.17) is 4.42 Å². The van der Waals surface area contributed by atoms with E-state index in [1.807, 2.05) is 0 Å². The first-order chi connectivity index (χ1) is 8.83. The Balaban J connectivity index is 1.78. The van der Waals surface area contributed by atoms with Gasteiger partial charge in [0, 0.05) is 24.9 Å². The van der Waals surface area contributed by atoms with Crippen molar-refractivity contribution in [1.82, 2.24) is 15.5 Å². The number of rotatable bonds is 9. The van der Waals surface area contributed by atoms with Crippen LogP contribution in [0.4, 0.5) is 0 Å². The highest BCUT2D eigenvalue weighted by Gasteiger charge is 2.20. The molecule has 4 heteroatoms. The van der Waals surface area contributed by atoms with Crippen molar-refractivity contribution in [2.24, 2.45) is 0 Å². The third-order valence-corrected chi connectivity index (χ3v) is 3.58. The second-order valence-electron chi connectivity index (χ2n) is 5.26. The molecule has 0 aromatic carbocycles. The number of hydrogen-bond donors (Lipinski definition) is 1. The molecule has 0 amide bonds. The normalized spacial score (nSPS) is 17.0. The summed E-state index contributed by atoms with van der Waals surface area (Å²) in [5.41, 5.74) is 0. The second kappa shape index (κ2) is 6.88. The van der Waals surface area contributed by atoms with Crippen LogP contribution >= 0.6 is 0 Å². The van der Waals surface area contributed by atoms with Crippen LogP contribution in [0, 0.1) is 0 Å². The molecule has 0 bridgehead atoms. The molecule has 1 N–H and O–H groups in total. The predicted octanol–water partition coefficient (Wildman–Crippen LogP) is 3.05. The first-order valence-electron chi connectivity index (χ1n) is 7.39. The van der Waals surface area contributed by atoms with Crippen LogP contribution in [0.15, 0.2) is 4.42 Å². The van der Waals surface area contributed by atoms with Crippen molar-refractivity contribution >= 4 is 0 Å². The monoisotopic (exact) mass is 251 g/mol. The van der Waals surface area contributed by atoms with Crippen molar-refractivity contribution in [3.05, 3.63) is 11.8 Å². The number of nitrogens with zero attached hydrogens (tertiary/aromatic N) is 2. The Morgan fingerprint density at radius 3 is 2.83 bits per heavy atom. The van der Waals surface area contributed by atoms with Gasteiger partial charge < -0.3 is 9.73 Å². The molecule has 0 radical (unpaired) electrons. The zero-order valence-corrected chi connectivity index (χ0v) is 11.6. The van der Waals surface area contributed by atoms with E-state index >= 15 is 0 Å². The summed E-state index contributed by atoms with van der Waals surface area (Å²) < 4.78 is 5.77. The lowest BCUT2D eigenvalue weighted by atomic mass is 10.00. The fourth-order valence-electron chi connectivity index (χ4n) is 2.16. The molecule has 0 spiro atoms. The summed E-state index contributed by atoms with van der Waals surface area (Å²) in [5, 5.41) is 11.8. The molecule has 18 heavy (non-hydrogen) atoms. The summed E-state index contributed by atoms with van der Waals surface area (Å²) in [6, 6.07) is 0.750. The smallest absolute Gasteiger partial charge is 0.219 e. The van der Waals surface area contributed by atoms with E-state index < -0.39 is 0 Å². The van der Waals surface area contributed by atoms with Gasteiger partial charge in [-0.2, -0.15) is 0 Å². The van der Waals surface area contributed by atoms with Gasteiger partial charge in [0.2, 0.25) is 11.8 Å². The third kappa shape index (κ3) is 4.09. The SMILES string of the molecule is CCCCC(CC)c1nnc(CCNC2CC2)o1. The van der Waals surface area contributed by atoms with Crippen LogP contribution in [0.1, 0.15) is 70.1 Å². The molecule has 1 heterocycles. The zero-order valence-electron chi connectivity index (χ0n) is 11.6. The van der Waals surface area contributed by atoms with Gasteiger partial charge in [-0.15, -0.1) is 10.2 Å². The third-order valence-electron chi connectivity index (χ3n) is 3.58. The predicted molar refractivity (Wildman–Crippen MR) is 71.6 cm³/mol. The minimum absolute atomic E-state index is 0.447. The quantitative estimate of drug-likeness (QED) is 0.733. The van der Waals surface area contributed by atoms with Gasteiger partial charge in [-0.25, -0.2) is 0 Å². The van der Waals surface area contributed by atoms with Gasteiger partial charge in [0.1, 0.15) is 0 Å². The van der Waals surface area contributed by atoms with Crippen LogP contribution in [-0.2, 0) is 6.42 Å². The second-order valence-corrected chi connectivity index (χ2v) is 5.26. The molecule has 1 aromatic rings. The van der Waals surface area contributed by atoms with Gasteiger partial charge in [0.25, 0.3) is 0 Å². The van der Waals surface area contributed by atoms with Crippen LogP contribution in [-0.4, -0.2) is 22.8 Å². The Labute approximate surface area is 110 Å². The first kappa shape index (κ1) is 13.5. The maximum Gasteiger partial charge on any atom is 0.219 e. The molecular weight excluding hydrogens is 226 g/mol. The molecule has 1 fully saturated rings. The van der Waals surface area contributed by atoms with Crippen LogP contribution in [0.3, 0.4) is 0 Å². The minimum Gasteiger partial charge on any atom is -0.425 e. The lowest BCUT2D eigenvalue weighted by Gasteiger charge is -2.08. The number of unbranched alkanes of at least 4 members (excludes halogenated alkanes) is 1. The zero-order chi connectivity index (χ0) is 12.8. The minimum atomic E-state index is 0.447. The van der Waals surface area contributed by atoms with E-state index in [-0.39, 0.29) is 0 Å². The molecule has 1 unspecified atom stereocenters. The van der Waals surface area contributed by atoms with E-state index in [0.29, 0.717) is 5.92 Å². The molecule has 4 nitrogen and oxygen atoms in total. The molecular formula is C14H25N3O. The lowest BCUT2D eigenvalue weighted by Crippen LogP contribution is -2.19. The summed E-state index contributed by atoms with van der Waals surface area (Å²) >= 11 is 0. The Morgan fingerprint density at radius 2 is 2.17 bits per heavy atom. The average Bonchev–Trinajstić information content (AvgIpc) is 3.09. The largest absolute Gasteiger partial charge is 0.425 e. The molecule has 1 aliphatic carbocycles. The van der Waals surface area contributed by atoms with Gasteiger partial charge in [-0.05, 0) is 25.7 Å². The maximum atomic E-state index is 5.77. The summed E-state index contributed by atoms with van der Waals surface area (Å²) in [6.45, 7) is 5.37. The Bertz CT molecular complexity index is 347. The highest BCUT2D eigenvalue weighted by atomic mass is 16.4. The summed E-state index contributed by atoms with van der Waals surface area (Å²) in [4.78, 5) is 0. The number of nitrogens with one attached hydrogen (secondary N) is 1. The molecule has 1 atom stereocenters. The topological polar surface area (TPSA) is 51.0 Å². The molecule has 1 saturated carbocycles. The lowest BCUT2D eigenvalue weighted by molar-refractivity contribution is 0.390. The Kier molecular flexibility index (Phi) is 5.17. The van der Waals surface area contributed by atoms with Crippen molar-refractivity contribution in [1.29, 1.82) is 0 Å². The van der Waals surface area contributed by atoms with E-state index in [0.717, 1.165) is 43.6 Å². The summed E-state index contributed by atoms with van der Waals surface area (Å²) in [5.74, 6) is 2.07. The van der Waals surface area contributed by atoms with Gasteiger partial charge in [0.15, 0.2) is 0 Å². The molecule has 2 rings (SSSR count). The number of aromatic nitrogens is 2. The van der Waals surface area contributed by atoms with Crippen molar-refractivity contribution in [3.63, 3.8) is 0 Å². The van der Waals surface area contributed by atoms with E-state index in [1.54, 1.807) is 0 Å². The molecule has 102 valence electrons. The highest BCUT2D eigenvalue weighted by molar-refractivity contribution is 4.92. The van der Waals surface area contributed by atoms with E-state index in [1.165, 1.54) is 25.7 Å². The summed E-state index contributed by atoms with van der Waals surface area (Å²) in [7, 11) is 0. The molecule has 1 aliphatic rings. The van der Waals surface area contributed by atoms with E-state index in [9.17, 15) is 0 Å². The van der Waals surface area contributed by atoms with Crippen molar-refractivity contribution in [2.75, 3.05) is 6.54 Å². The Morgan fingerprint density at radius 1 is 1.33 bits per heavy atom. The van der Waals surface area contributed by atoms with Crippen molar-refractivity contribution in [2.45, 2.75) is 70.8 Å². The van der Waals surface area contributed by atoms with Gasteiger partial charge in [-0.1, -0.05) is 26.7 Å². The van der Waals surface area contributed by atoms with Crippen LogP contribution < -0.4 is 5.32 Å². The maximum absolute atomic E-state index is 5.77. The summed E-state index contributed by atoms with van der Waals surface area (Å²) in [6.07, 6.45) is 8.21. The van der Waals surface area contributed by atoms with Crippen LogP contribution in [0.2, 0.25) is 0 Å². The average molecular weight is 251 g/mol. The van der Waals surface area contributed by atoms with Gasteiger partial charge in [0.05, 0.1) is 0 Å².